The van der Waals surface area contributed by atoms with Crippen LogP contribution in [0.25, 0.3) is 0 Å². The fourth-order valence-corrected chi connectivity index (χ4v) is 5.57. The third-order valence-electron chi connectivity index (χ3n) is 7.35. The van der Waals surface area contributed by atoms with Crippen LogP contribution in [0.3, 0.4) is 0 Å². The summed E-state index contributed by atoms with van der Waals surface area (Å²) in [6, 6.07) is 5.78. The topological polar surface area (TPSA) is 104 Å². The molecule has 1 aromatic carbocycles. The SMILES string of the molecule is CC(C)(Oc1cc(F)c(C(C)(C)O)cc1Cl)C(=O)N[C@H]1C[C@H]2CC[C@@H](C1)N2c1ccc(C(=O)NCC(F)F)cn1. The van der Waals surface area contributed by atoms with Gasteiger partial charge in [-0.2, -0.15) is 0 Å². The molecule has 2 bridgehead atoms. The van der Waals surface area contributed by atoms with Crippen LogP contribution in [0, 0.1) is 5.82 Å². The van der Waals surface area contributed by atoms with E-state index in [1.54, 1.807) is 26.0 Å². The Morgan fingerprint density at radius 1 is 1.18 bits per heavy atom. The van der Waals surface area contributed by atoms with E-state index in [0.29, 0.717) is 18.7 Å². The van der Waals surface area contributed by atoms with Crippen molar-refractivity contribution in [2.45, 2.75) is 89.1 Å². The molecule has 8 nitrogen and oxygen atoms in total. The molecule has 2 amide bonds. The number of amides is 2. The van der Waals surface area contributed by atoms with Gasteiger partial charge >= 0.3 is 0 Å². The van der Waals surface area contributed by atoms with Gasteiger partial charge in [0.15, 0.2) is 5.60 Å². The van der Waals surface area contributed by atoms with Gasteiger partial charge in [-0.1, -0.05) is 11.6 Å². The van der Waals surface area contributed by atoms with E-state index in [0.717, 1.165) is 18.9 Å². The number of carbonyl (C=O) groups is 2. The molecule has 40 heavy (non-hydrogen) atoms. The van der Waals surface area contributed by atoms with E-state index in [2.05, 4.69) is 20.5 Å². The lowest BCUT2D eigenvalue weighted by Crippen LogP contribution is -2.55. The molecule has 2 aliphatic rings. The first-order chi connectivity index (χ1) is 18.7. The highest BCUT2D eigenvalue weighted by molar-refractivity contribution is 6.32. The average molecular weight is 583 g/mol. The number of pyridine rings is 1. The van der Waals surface area contributed by atoms with Crippen molar-refractivity contribution in [2.24, 2.45) is 0 Å². The van der Waals surface area contributed by atoms with E-state index in [-0.39, 0.29) is 45.9 Å². The van der Waals surface area contributed by atoms with Crippen molar-refractivity contribution >= 4 is 29.2 Å². The molecule has 0 radical (unpaired) electrons. The van der Waals surface area contributed by atoms with Crippen molar-refractivity contribution < 1.29 is 32.6 Å². The Labute approximate surface area is 236 Å². The molecule has 1 aromatic heterocycles. The van der Waals surface area contributed by atoms with Gasteiger partial charge in [-0.05, 0) is 71.6 Å². The fraction of sp³-hybridized carbons (Fsp3) is 0.536. The number of halogens is 4. The number of carbonyl (C=O) groups excluding carboxylic acids is 2. The number of fused-ring (bicyclic) bond motifs is 2. The maximum Gasteiger partial charge on any atom is 0.263 e. The summed E-state index contributed by atoms with van der Waals surface area (Å²) in [6.45, 7) is 5.33. The van der Waals surface area contributed by atoms with E-state index in [1.165, 1.54) is 26.1 Å². The summed E-state index contributed by atoms with van der Waals surface area (Å²) in [6.07, 6.45) is 1.93. The first-order valence-electron chi connectivity index (χ1n) is 13.2. The number of aliphatic hydroxyl groups is 1. The Bertz CT molecular complexity index is 1240. The lowest BCUT2D eigenvalue weighted by atomic mass is 9.96. The van der Waals surface area contributed by atoms with Crippen LogP contribution in [0.15, 0.2) is 30.5 Å². The van der Waals surface area contributed by atoms with Crippen molar-refractivity contribution in [2.75, 3.05) is 11.4 Å². The van der Waals surface area contributed by atoms with E-state index in [4.69, 9.17) is 16.3 Å². The highest BCUT2D eigenvalue weighted by atomic mass is 35.5. The van der Waals surface area contributed by atoms with Crippen LogP contribution in [0.5, 0.6) is 5.75 Å². The van der Waals surface area contributed by atoms with Gasteiger partial charge in [0.25, 0.3) is 18.2 Å². The molecule has 12 heteroatoms. The van der Waals surface area contributed by atoms with Gasteiger partial charge in [0.05, 0.1) is 22.7 Å². The molecule has 0 unspecified atom stereocenters. The molecule has 3 N–H and O–H groups in total. The number of hydrogen-bond donors (Lipinski definition) is 3. The lowest BCUT2D eigenvalue weighted by molar-refractivity contribution is -0.135. The molecule has 3 heterocycles. The predicted molar refractivity (Wildman–Crippen MR) is 144 cm³/mol. The van der Waals surface area contributed by atoms with Crippen molar-refractivity contribution in [3.63, 3.8) is 0 Å². The van der Waals surface area contributed by atoms with E-state index < -0.39 is 35.9 Å². The molecular formula is C28H34ClF3N4O4. The number of piperidine rings is 1. The third-order valence-corrected chi connectivity index (χ3v) is 7.65. The number of benzene rings is 1. The maximum atomic E-state index is 14.6. The lowest BCUT2D eigenvalue weighted by Gasteiger charge is -2.41. The summed E-state index contributed by atoms with van der Waals surface area (Å²) in [5, 5.41) is 15.5. The molecule has 4 rings (SSSR count). The van der Waals surface area contributed by atoms with E-state index in [9.17, 15) is 27.9 Å². The maximum absolute atomic E-state index is 14.6. The average Bonchev–Trinajstić information content (AvgIpc) is 3.13. The van der Waals surface area contributed by atoms with Crippen LogP contribution in [0.4, 0.5) is 19.0 Å². The van der Waals surface area contributed by atoms with Crippen LogP contribution >= 0.6 is 11.6 Å². The standard InChI is InChI=1S/C28H34ClF3N4O4/c1-27(2,39)19-11-20(29)22(12-21(19)30)40-28(3,4)26(38)35-16-9-17-6-7-18(10-16)36(17)24-8-5-15(13-33-24)25(37)34-14-23(31)32/h5,8,11-13,16-18,23,39H,6-7,9-10,14H2,1-4H3,(H,34,37)(H,35,38)/t16-,17+,18-. The number of nitrogens with zero attached hydrogens (tertiary/aromatic N) is 2. The molecule has 2 fully saturated rings. The van der Waals surface area contributed by atoms with Crippen molar-refractivity contribution in [1.82, 2.24) is 15.6 Å². The van der Waals surface area contributed by atoms with Crippen LogP contribution < -0.4 is 20.3 Å². The Kier molecular flexibility index (Phi) is 8.56. The number of rotatable bonds is 9. The molecule has 0 aliphatic carbocycles. The quantitative estimate of drug-likeness (QED) is 0.400. The number of anilines is 1. The summed E-state index contributed by atoms with van der Waals surface area (Å²) in [4.78, 5) is 31.8. The molecule has 2 saturated heterocycles. The zero-order valence-corrected chi connectivity index (χ0v) is 23.6. The minimum atomic E-state index is -2.63. The van der Waals surface area contributed by atoms with Gasteiger partial charge in [0.2, 0.25) is 0 Å². The highest BCUT2D eigenvalue weighted by Gasteiger charge is 2.43. The molecule has 2 aliphatic heterocycles. The molecule has 0 spiro atoms. The van der Waals surface area contributed by atoms with Gasteiger partial charge in [-0.15, -0.1) is 0 Å². The number of nitrogens with one attached hydrogen (secondary N) is 2. The Morgan fingerprint density at radius 2 is 1.82 bits per heavy atom. The number of ether oxygens (including phenoxy) is 1. The van der Waals surface area contributed by atoms with E-state index in [1.807, 2.05) is 0 Å². The summed E-state index contributed by atoms with van der Waals surface area (Å²) in [7, 11) is 0. The van der Waals surface area contributed by atoms with Crippen molar-refractivity contribution in [3.05, 3.63) is 52.4 Å². The molecular weight excluding hydrogens is 549 g/mol. The Balaban J connectivity index is 1.38. The summed E-state index contributed by atoms with van der Waals surface area (Å²) in [5.41, 5.74) is -2.56. The van der Waals surface area contributed by atoms with E-state index >= 15 is 0 Å². The van der Waals surface area contributed by atoms with Crippen molar-refractivity contribution in [3.8, 4) is 5.75 Å². The second-order valence-corrected chi connectivity index (χ2v) is 11.8. The third kappa shape index (κ3) is 6.63. The summed E-state index contributed by atoms with van der Waals surface area (Å²) in [5.74, 6) is -0.976. The zero-order chi connectivity index (χ0) is 29.4. The summed E-state index contributed by atoms with van der Waals surface area (Å²) >= 11 is 6.29. The normalized spacial score (nSPS) is 20.9. The monoisotopic (exact) mass is 582 g/mol. The second-order valence-electron chi connectivity index (χ2n) is 11.4. The first-order valence-corrected chi connectivity index (χ1v) is 13.6. The summed E-state index contributed by atoms with van der Waals surface area (Å²) < 4.78 is 45.2. The largest absolute Gasteiger partial charge is 0.476 e. The highest BCUT2D eigenvalue weighted by Crippen LogP contribution is 2.39. The minimum Gasteiger partial charge on any atom is -0.476 e. The first kappa shape index (κ1) is 29.9. The Morgan fingerprint density at radius 3 is 2.38 bits per heavy atom. The van der Waals surface area contributed by atoms with Gasteiger partial charge < -0.3 is 25.4 Å². The number of aromatic nitrogens is 1. The molecule has 218 valence electrons. The molecule has 0 saturated carbocycles. The van der Waals surface area contributed by atoms with Crippen LogP contribution in [0.2, 0.25) is 5.02 Å². The fourth-order valence-electron chi connectivity index (χ4n) is 5.37. The predicted octanol–water partition coefficient (Wildman–Crippen LogP) is 4.57. The van der Waals surface area contributed by atoms with Gasteiger partial charge in [-0.3, -0.25) is 9.59 Å². The Hall–Kier alpha value is -3.05. The van der Waals surface area contributed by atoms with Crippen LogP contribution in [0.1, 0.15) is 69.3 Å². The van der Waals surface area contributed by atoms with Crippen LogP contribution in [-0.4, -0.2) is 58.6 Å². The smallest absolute Gasteiger partial charge is 0.263 e. The molecule has 2 aromatic rings. The van der Waals surface area contributed by atoms with Crippen molar-refractivity contribution in [1.29, 1.82) is 0 Å². The van der Waals surface area contributed by atoms with Gasteiger partial charge in [0, 0.05) is 36.0 Å². The number of alkyl halides is 2. The zero-order valence-electron chi connectivity index (χ0n) is 22.8. The van der Waals surface area contributed by atoms with Gasteiger partial charge in [-0.25, -0.2) is 18.2 Å². The minimum absolute atomic E-state index is 0.000357. The van der Waals surface area contributed by atoms with Crippen LogP contribution in [-0.2, 0) is 10.4 Å². The second kappa shape index (κ2) is 11.4. The van der Waals surface area contributed by atoms with Gasteiger partial charge in [0.1, 0.15) is 17.4 Å². The molecule has 3 atom stereocenters. The number of hydrogen-bond acceptors (Lipinski definition) is 6.